The number of rotatable bonds is 6. The third-order valence-corrected chi connectivity index (χ3v) is 3.30. The number of aliphatic carboxylic acids is 1. The molecule has 0 bridgehead atoms. The minimum absolute atomic E-state index is 0.0578. The lowest BCUT2D eigenvalue weighted by Gasteiger charge is -2.19. The van der Waals surface area contributed by atoms with E-state index in [9.17, 15) is 4.79 Å². The molecule has 4 nitrogen and oxygen atoms in total. The second kappa shape index (κ2) is 6.90. The molecule has 0 spiro atoms. The number of nitrogens with zero attached hydrogens (tertiary/aromatic N) is 1. The first kappa shape index (κ1) is 15.1. The zero-order valence-corrected chi connectivity index (χ0v) is 12.1. The standard InChI is InChI=1S/C17H20N2O2/c1-19(11-13-5-4-8-16(18)9-13)12-15-7-3-2-6-14(15)10-17(20)21/h2-9H,10-12,18H2,1H3,(H,20,21). The highest BCUT2D eigenvalue weighted by Crippen LogP contribution is 2.15. The Morgan fingerprint density at radius 3 is 2.48 bits per heavy atom. The van der Waals surface area contributed by atoms with Crippen molar-refractivity contribution in [3.05, 3.63) is 65.2 Å². The molecule has 0 aromatic heterocycles. The first-order chi connectivity index (χ1) is 10.0. The van der Waals surface area contributed by atoms with E-state index in [1.54, 1.807) is 0 Å². The van der Waals surface area contributed by atoms with Crippen LogP contribution < -0.4 is 5.73 Å². The summed E-state index contributed by atoms with van der Waals surface area (Å²) < 4.78 is 0. The van der Waals surface area contributed by atoms with Crippen molar-refractivity contribution in [2.45, 2.75) is 19.5 Å². The predicted octanol–water partition coefficient (Wildman–Crippen LogP) is 2.53. The fraction of sp³-hybridized carbons (Fsp3) is 0.235. The van der Waals surface area contributed by atoms with Crippen LogP contribution in [0.2, 0.25) is 0 Å². The molecule has 0 saturated heterocycles. The summed E-state index contributed by atoms with van der Waals surface area (Å²) >= 11 is 0. The first-order valence-corrected chi connectivity index (χ1v) is 6.86. The third-order valence-electron chi connectivity index (χ3n) is 3.30. The van der Waals surface area contributed by atoms with Crippen LogP contribution in [0.25, 0.3) is 0 Å². The zero-order valence-electron chi connectivity index (χ0n) is 12.1. The summed E-state index contributed by atoms with van der Waals surface area (Å²) in [5, 5.41) is 8.96. The Bertz CT molecular complexity index is 626. The topological polar surface area (TPSA) is 66.6 Å². The minimum Gasteiger partial charge on any atom is -0.481 e. The van der Waals surface area contributed by atoms with Crippen molar-refractivity contribution >= 4 is 11.7 Å². The number of carbonyl (C=O) groups is 1. The Labute approximate surface area is 124 Å². The largest absolute Gasteiger partial charge is 0.481 e. The van der Waals surface area contributed by atoms with Gasteiger partial charge in [-0.2, -0.15) is 0 Å². The average Bonchev–Trinajstić information content (AvgIpc) is 2.40. The Morgan fingerprint density at radius 1 is 1.10 bits per heavy atom. The van der Waals surface area contributed by atoms with E-state index in [-0.39, 0.29) is 6.42 Å². The van der Waals surface area contributed by atoms with Crippen LogP contribution in [0, 0.1) is 0 Å². The maximum absolute atomic E-state index is 10.9. The maximum Gasteiger partial charge on any atom is 0.307 e. The van der Waals surface area contributed by atoms with E-state index in [0.717, 1.165) is 28.9 Å². The van der Waals surface area contributed by atoms with Gasteiger partial charge in [0.15, 0.2) is 0 Å². The van der Waals surface area contributed by atoms with Gasteiger partial charge in [-0.1, -0.05) is 36.4 Å². The molecule has 0 saturated carbocycles. The highest BCUT2D eigenvalue weighted by atomic mass is 16.4. The minimum atomic E-state index is -0.805. The molecule has 0 fully saturated rings. The number of hydrogen-bond donors (Lipinski definition) is 2. The quantitative estimate of drug-likeness (QED) is 0.800. The number of anilines is 1. The van der Waals surface area contributed by atoms with Gasteiger partial charge in [-0.25, -0.2) is 0 Å². The molecule has 0 aliphatic rings. The van der Waals surface area contributed by atoms with Crippen LogP contribution in [0.1, 0.15) is 16.7 Å². The molecule has 2 rings (SSSR count). The Kier molecular flexibility index (Phi) is 4.95. The predicted molar refractivity (Wildman–Crippen MR) is 83.8 cm³/mol. The summed E-state index contributed by atoms with van der Waals surface area (Å²) in [5.41, 5.74) is 9.60. The third kappa shape index (κ3) is 4.61. The Hall–Kier alpha value is -2.33. The fourth-order valence-electron chi connectivity index (χ4n) is 2.40. The monoisotopic (exact) mass is 284 g/mol. The van der Waals surface area contributed by atoms with Crippen LogP contribution in [0.5, 0.6) is 0 Å². The van der Waals surface area contributed by atoms with E-state index in [0.29, 0.717) is 6.54 Å². The number of carboxylic acid groups (broad SMARTS) is 1. The normalized spacial score (nSPS) is 10.8. The van der Waals surface area contributed by atoms with E-state index >= 15 is 0 Å². The lowest BCUT2D eigenvalue weighted by atomic mass is 10.0. The Morgan fingerprint density at radius 2 is 1.81 bits per heavy atom. The van der Waals surface area contributed by atoms with Crippen molar-refractivity contribution in [2.75, 3.05) is 12.8 Å². The van der Waals surface area contributed by atoms with Crippen LogP contribution in [-0.4, -0.2) is 23.0 Å². The van der Waals surface area contributed by atoms with Gasteiger partial charge in [0, 0.05) is 18.8 Å². The van der Waals surface area contributed by atoms with Crippen LogP contribution in [0.3, 0.4) is 0 Å². The summed E-state index contributed by atoms with van der Waals surface area (Å²) in [6.07, 6.45) is 0.0578. The Balaban J connectivity index is 2.05. The van der Waals surface area contributed by atoms with Crippen molar-refractivity contribution < 1.29 is 9.90 Å². The number of benzene rings is 2. The van der Waals surface area contributed by atoms with Gasteiger partial charge < -0.3 is 10.8 Å². The summed E-state index contributed by atoms with van der Waals surface area (Å²) in [5.74, 6) is -0.805. The highest BCUT2D eigenvalue weighted by molar-refractivity contribution is 5.70. The van der Waals surface area contributed by atoms with Crippen molar-refractivity contribution in [1.29, 1.82) is 0 Å². The van der Waals surface area contributed by atoms with Gasteiger partial charge in [0.25, 0.3) is 0 Å². The van der Waals surface area contributed by atoms with Crippen LogP contribution >= 0.6 is 0 Å². The molecule has 0 aliphatic carbocycles. The zero-order chi connectivity index (χ0) is 15.2. The smallest absolute Gasteiger partial charge is 0.307 e. The van der Waals surface area contributed by atoms with Crippen molar-refractivity contribution in [3.63, 3.8) is 0 Å². The van der Waals surface area contributed by atoms with Gasteiger partial charge in [0.05, 0.1) is 6.42 Å². The molecule has 0 heterocycles. The van der Waals surface area contributed by atoms with Crippen molar-refractivity contribution in [2.24, 2.45) is 0 Å². The van der Waals surface area contributed by atoms with Crippen molar-refractivity contribution in [1.82, 2.24) is 4.90 Å². The van der Waals surface area contributed by atoms with Gasteiger partial charge in [-0.05, 0) is 35.9 Å². The molecule has 0 amide bonds. The van der Waals surface area contributed by atoms with E-state index in [1.165, 1.54) is 0 Å². The molecule has 4 heteroatoms. The SMILES string of the molecule is CN(Cc1cccc(N)c1)Cc1ccccc1CC(=O)O. The molecule has 3 N–H and O–H groups in total. The molecular weight excluding hydrogens is 264 g/mol. The van der Waals surface area contributed by atoms with E-state index in [1.807, 2.05) is 55.6 Å². The number of nitrogen functional groups attached to an aromatic ring is 1. The van der Waals surface area contributed by atoms with E-state index in [4.69, 9.17) is 10.8 Å². The summed E-state index contributed by atoms with van der Waals surface area (Å²) in [6, 6.07) is 15.5. The van der Waals surface area contributed by atoms with Gasteiger partial charge in [0.1, 0.15) is 0 Å². The van der Waals surface area contributed by atoms with E-state index < -0.39 is 5.97 Å². The number of carboxylic acids is 1. The summed E-state index contributed by atoms with van der Waals surface area (Å²) in [4.78, 5) is 13.1. The van der Waals surface area contributed by atoms with Crippen LogP contribution in [0.4, 0.5) is 5.69 Å². The fourth-order valence-corrected chi connectivity index (χ4v) is 2.40. The summed E-state index contributed by atoms with van der Waals surface area (Å²) in [7, 11) is 2.01. The summed E-state index contributed by atoms with van der Waals surface area (Å²) in [6.45, 7) is 1.48. The highest BCUT2D eigenvalue weighted by Gasteiger charge is 2.09. The van der Waals surface area contributed by atoms with Gasteiger partial charge in [0.2, 0.25) is 0 Å². The number of hydrogen-bond acceptors (Lipinski definition) is 3. The molecule has 0 unspecified atom stereocenters. The van der Waals surface area contributed by atoms with Gasteiger partial charge in [-0.3, -0.25) is 9.69 Å². The van der Waals surface area contributed by atoms with Crippen LogP contribution in [0.15, 0.2) is 48.5 Å². The van der Waals surface area contributed by atoms with Crippen molar-refractivity contribution in [3.8, 4) is 0 Å². The lowest BCUT2D eigenvalue weighted by molar-refractivity contribution is -0.136. The second-order valence-corrected chi connectivity index (χ2v) is 5.26. The first-order valence-electron chi connectivity index (χ1n) is 6.86. The molecule has 110 valence electrons. The average molecular weight is 284 g/mol. The van der Waals surface area contributed by atoms with Gasteiger partial charge in [-0.15, -0.1) is 0 Å². The molecule has 0 aliphatic heterocycles. The number of nitrogens with two attached hydrogens (primary N) is 1. The van der Waals surface area contributed by atoms with Crippen LogP contribution in [-0.2, 0) is 24.3 Å². The molecule has 0 atom stereocenters. The van der Waals surface area contributed by atoms with E-state index in [2.05, 4.69) is 4.90 Å². The molecule has 2 aromatic rings. The molecular formula is C17H20N2O2. The molecule has 2 aromatic carbocycles. The molecule has 0 radical (unpaired) electrons. The second-order valence-electron chi connectivity index (χ2n) is 5.26. The molecule has 21 heavy (non-hydrogen) atoms. The van der Waals surface area contributed by atoms with Gasteiger partial charge >= 0.3 is 5.97 Å². The lowest BCUT2D eigenvalue weighted by Crippen LogP contribution is -2.18. The maximum atomic E-state index is 10.9.